The highest BCUT2D eigenvalue weighted by molar-refractivity contribution is 5.82. The zero-order valence-corrected chi connectivity index (χ0v) is 13.9. The first-order valence-electron chi connectivity index (χ1n) is 8.34. The van der Waals surface area contributed by atoms with Crippen LogP contribution in [0, 0.1) is 0 Å². The molecule has 1 aliphatic heterocycles. The van der Waals surface area contributed by atoms with Crippen molar-refractivity contribution < 1.29 is 14.3 Å². The summed E-state index contributed by atoms with van der Waals surface area (Å²) in [6, 6.07) is 15.2. The lowest BCUT2D eigenvalue weighted by molar-refractivity contribution is -0.133. The lowest BCUT2D eigenvalue weighted by Gasteiger charge is -2.30. The van der Waals surface area contributed by atoms with E-state index < -0.39 is 6.10 Å². The molecule has 0 aliphatic carbocycles. The van der Waals surface area contributed by atoms with Crippen molar-refractivity contribution in [3.8, 4) is 11.5 Å². The predicted molar refractivity (Wildman–Crippen MR) is 93.8 cm³/mol. The summed E-state index contributed by atoms with van der Waals surface area (Å²) in [5, 5.41) is 2.90. The van der Waals surface area contributed by atoms with Crippen LogP contribution in [0.5, 0.6) is 11.5 Å². The van der Waals surface area contributed by atoms with Gasteiger partial charge >= 0.3 is 0 Å². The highest BCUT2D eigenvalue weighted by atomic mass is 16.6. The van der Waals surface area contributed by atoms with Crippen molar-refractivity contribution in [3.05, 3.63) is 54.4 Å². The topological polar surface area (TPSA) is 76.2 Å². The van der Waals surface area contributed by atoms with Gasteiger partial charge in [-0.3, -0.25) is 4.79 Å². The lowest BCUT2D eigenvalue weighted by Crippen LogP contribution is -2.49. The van der Waals surface area contributed by atoms with Crippen molar-refractivity contribution in [2.75, 3.05) is 6.54 Å². The van der Waals surface area contributed by atoms with Crippen LogP contribution in [0.3, 0.4) is 0 Å². The minimum Gasteiger partial charge on any atom is -0.482 e. The molecule has 3 aromatic rings. The van der Waals surface area contributed by atoms with Crippen molar-refractivity contribution in [1.29, 1.82) is 0 Å². The van der Waals surface area contributed by atoms with E-state index in [2.05, 4.69) is 15.3 Å². The number of amides is 1. The van der Waals surface area contributed by atoms with E-state index in [0.29, 0.717) is 24.5 Å². The standard InChI is InChI=1S/C19H19N3O3/c1-12-18(25-16-9-5-4-8-15(16)24-12)19(23)20-11-10-17-21-13-6-2-3-7-14(13)22-17/h2-9,12,18H,10-11H2,1H3,(H,20,23)(H,21,22)/t12-,18-/m1/s1. The van der Waals surface area contributed by atoms with Crippen LogP contribution in [-0.2, 0) is 11.2 Å². The molecular weight excluding hydrogens is 318 g/mol. The van der Waals surface area contributed by atoms with Crippen molar-refractivity contribution in [2.24, 2.45) is 0 Å². The summed E-state index contributed by atoms with van der Waals surface area (Å²) in [7, 11) is 0. The van der Waals surface area contributed by atoms with Crippen molar-refractivity contribution in [3.63, 3.8) is 0 Å². The first-order valence-corrected chi connectivity index (χ1v) is 8.34. The van der Waals surface area contributed by atoms with Crippen LogP contribution in [0.25, 0.3) is 11.0 Å². The number of H-pyrrole nitrogens is 1. The summed E-state index contributed by atoms with van der Waals surface area (Å²) in [6.07, 6.45) is -0.384. The molecule has 0 fully saturated rings. The third kappa shape index (κ3) is 3.15. The molecule has 4 rings (SSSR count). The maximum atomic E-state index is 12.4. The van der Waals surface area contributed by atoms with Gasteiger partial charge in [0.25, 0.3) is 5.91 Å². The SMILES string of the molecule is C[C@H]1Oc2ccccc2O[C@H]1C(=O)NCCc1nc2ccccc2[nH]1. The molecule has 2 aromatic carbocycles. The third-order valence-corrected chi connectivity index (χ3v) is 4.20. The van der Waals surface area contributed by atoms with E-state index in [4.69, 9.17) is 9.47 Å². The van der Waals surface area contributed by atoms with Gasteiger partial charge in [0, 0.05) is 13.0 Å². The Bertz CT molecular complexity index is 873. The monoisotopic (exact) mass is 337 g/mol. The van der Waals surface area contributed by atoms with Crippen molar-refractivity contribution in [2.45, 2.75) is 25.6 Å². The van der Waals surface area contributed by atoms with Gasteiger partial charge in [0.15, 0.2) is 11.5 Å². The molecular formula is C19H19N3O3. The van der Waals surface area contributed by atoms with Gasteiger partial charge < -0.3 is 19.8 Å². The molecule has 2 heterocycles. The molecule has 0 bridgehead atoms. The highest BCUT2D eigenvalue weighted by Crippen LogP contribution is 2.33. The molecule has 2 N–H and O–H groups in total. The van der Waals surface area contributed by atoms with Crippen LogP contribution < -0.4 is 14.8 Å². The quantitative estimate of drug-likeness (QED) is 0.767. The number of ether oxygens (including phenoxy) is 2. The van der Waals surface area contributed by atoms with E-state index in [9.17, 15) is 4.79 Å². The van der Waals surface area contributed by atoms with Gasteiger partial charge in [0.05, 0.1) is 11.0 Å². The molecule has 1 aliphatic rings. The Morgan fingerprint density at radius 2 is 1.84 bits per heavy atom. The van der Waals surface area contributed by atoms with Gasteiger partial charge in [-0.1, -0.05) is 24.3 Å². The Balaban J connectivity index is 1.36. The predicted octanol–water partition coefficient (Wildman–Crippen LogP) is 2.45. The van der Waals surface area contributed by atoms with Crippen LogP contribution in [-0.4, -0.2) is 34.6 Å². The maximum Gasteiger partial charge on any atom is 0.265 e. The number of aromatic nitrogens is 2. The fraction of sp³-hybridized carbons (Fsp3) is 0.263. The Hall–Kier alpha value is -3.02. The summed E-state index contributed by atoms with van der Waals surface area (Å²) in [5.74, 6) is 1.93. The number of nitrogens with one attached hydrogen (secondary N) is 2. The van der Waals surface area contributed by atoms with Crippen LogP contribution >= 0.6 is 0 Å². The van der Waals surface area contributed by atoms with Crippen molar-refractivity contribution in [1.82, 2.24) is 15.3 Å². The third-order valence-electron chi connectivity index (χ3n) is 4.20. The van der Waals surface area contributed by atoms with E-state index in [-0.39, 0.29) is 12.0 Å². The molecule has 0 unspecified atom stereocenters. The molecule has 0 spiro atoms. The Labute approximate surface area is 145 Å². The number of nitrogens with zero attached hydrogens (tertiary/aromatic N) is 1. The van der Waals surface area contributed by atoms with E-state index >= 15 is 0 Å². The molecule has 0 saturated heterocycles. The van der Waals surface area contributed by atoms with Crippen LogP contribution in [0.15, 0.2) is 48.5 Å². The van der Waals surface area contributed by atoms with E-state index in [1.165, 1.54) is 0 Å². The molecule has 25 heavy (non-hydrogen) atoms. The summed E-state index contributed by atoms with van der Waals surface area (Å²) in [5.41, 5.74) is 1.93. The fourth-order valence-electron chi connectivity index (χ4n) is 2.93. The zero-order valence-electron chi connectivity index (χ0n) is 13.9. The number of imidazole rings is 1. The average molecular weight is 337 g/mol. The van der Waals surface area contributed by atoms with Gasteiger partial charge in [-0.2, -0.15) is 0 Å². The van der Waals surface area contributed by atoms with Gasteiger partial charge in [-0.05, 0) is 31.2 Å². The number of hydrogen-bond donors (Lipinski definition) is 2. The van der Waals surface area contributed by atoms with Crippen molar-refractivity contribution >= 4 is 16.9 Å². The average Bonchev–Trinajstić information content (AvgIpc) is 3.03. The number of benzene rings is 2. The molecule has 2 atom stereocenters. The highest BCUT2D eigenvalue weighted by Gasteiger charge is 2.33. The molecule has 6 heteroatoms. The van der Waals surface area contributed by atoms with Gasteiger partial charge in [0.2, 0.25) is 6.10 Å². The smallest absolute Gasteiger partial charge is 0.265 e. The fourth-order valence-corrected chi connectivity index (χ4v) is 2.93. The maximum absolute atomic E-state index is 12.4. The minimum atomic E-state index is -0.662. The number of carbonyl (C=O) groups is 1. The van der Waals surface area contributed by atoms with E-state index in [1.54, 1.807) is 6.07 Å². The van der Waals surface area contributed by atoms with Gasteiger partial charge in [-0.15, -0.1) is 0 Å². The number of aromatic amines is 1. The Kier molecular flexibility index (Phi) is 4.01. The summed E-state index contributed by atoms with van der Waals surface area (Å²) in [6.45, 7) is 2.31. The zero-order chi connectivity index (χ0) is 17.2. The molecule has 1 amide bonds. The largest absolute Gasteiger partial charge is 0.482 e. The van der Waals surface area contributed by atoms with Gasteiger partial charge in [0.1, 0.15) is 11.9 Å². The molecule has 0 saturated carbocycles. The second-order valence-electron chi connectivity index (χ2n) is 6.05. The Morgan fingerprint density at radius 1 is 1.12 bits per heavy atom. The van der Waals surface area contributed by atoms with Gasteiger partial charge in [-0.25, -0.2) is 4.98 Å². The first kappa shape index (κ1) is 15.5. The van der Waals surface area contributed by atoms with E-state index in [0.717, 1.165) is 16.9 Å². The molecule has 0 radical (unpaired) electrons. The van der Waals surface area contributed by atoms with E-state index in [1.807, 2.05) is 49.4 Å². The van der Waals surface area contributed by atoms with Crippen LogP contribution in [0.2, 0.25) is 0 Å². The molecule has 6 nitrogen and oxygen atoms in total. The number of fused-ring (bicyclic) bond motifs is 2. The molecule has 128 valence electrons. The lowest BCUT2D eigenvalue weighted by atomic mass is 10.1. The second kappa shape index (κ2) is 6.47. The summed E-state index contributed by atoms with van der Waals surface area (Å²) in [4.78, 5) is 20.2. The number of carbonyl (C=O) groups excluding carboxylic acids is 1. The second-order valence-corrected chi connectivity index (χ2v) is 6.05. The van der Waals surface area contributed by atoms with Crippen LogP contribution in [0.1, 0.15) is 12.7 Å². The summed E-state index contributed by atoms with van der Waals surface area (Å²) >= 11 is 0. The first-order chi connectivity index (χ1) is 12.2. The normalized spacial score (nSPS) is 18.9. The minimum absolute atomic E-state index is 0.182. The van der Waals surface area contributed by atoms with Crippen LogP contribution in [0.4, 0.5) is 0 Å². The summed E-state index contributed by atoms with van der Waals surface area (Å²) < 4.78 is 11.6. The number of para-hydroxylation sites is 4. The molecule has 1 aromatic heterocycles. The number of rotatable bonds is 4. The Morgan fingerprint density at radius 3 is 2.64 bits per heavy atom. The number of hydrogen-bond acceptors (Lipinski definition) is 4.